The van der Waals surface area contributed by atoms with Crippen molar-refractivity contribution < 1.29 is 18.3 Å². The normalized spacial score (nSPS) is 23.5. The highest BCUT2D eigenvalue weighted by Crippen LogP contribution is 2.54. The van der Waals surface area contributed by atoms with E-state index in [1.807, 2.05) is 0 Å². The molecule has 2 aromatic rings. The Morgan fingerprint density at radius 3 is 2.13 bits per heavy atom. The zero-order chi connectivity index (χ0) is 16.8. The predicted molar refractivity (Wildman–Crippen MR) is 90.4 cm³/mol. The molecule has 0 radical (unpaired) electrons. The van der Waals surface area contributed by atoms with Crippen LogP contribution in [0.2, 0.25) is 5.02 Å². The highest BCUT2D eigenvalue weighted by atomic mass is 79.9. The second-order valence-electron chi connectivity index (χ2n) is 5.40. The van der Waals surface area contributed by atoms with Crippen LogP contribution in [0, 0.1) is 5.92 Å². The molecule has 7 heteroatoms. The molecule has 4 nitrogen and oxygen atoms in total. The van der Waals surface area contributed by atoms with E-state index in [-0.39, 0.29) is 4.90 Å². The lowest BCUT2D eigenvalue weighted by Gasteiger charge is -2.04. The minimum absolute atomic E-state index is 0.0951. The Morgan fingerprint density at radius 1 is 1.04 bits per heavy atom. The lowest BCUT2D eigenvalue weighted by molar-refractivity contribution is -0.138. The van der Waals surface area contributed by atoms with Crippen LogP contribution in [0.3, 0.4) is 0 Å². The molecule has 120 valence electrons. The van der Waals surface area contributed by atoms with E-state index < -0.39 is 32.9 Å². The Morgan fingerprint density at radius 2 is 1.61 bits per heavy atom. The van der Waals surface area contributed by atoms with E-state index in [9.17, 15) is 18.3 Å². The number of hydrogen-bond acceptors (Lipinski definition) is 3. The first-order chi connectivity index (χ1) is 10.8. The summed E-state index contributed by atoms with van der Waals surface area (Å²) >= 11 is 9.09. The summed E-state index contributed by atoms with van der Waals surface area (Å²) in [4.78, 5) is 11.6. The highest BCUT2D eigenvalue weighted by Gasteiger charge is 2.63. The number of carboxylic acid groups (broad SMARTS) is 1. The zero-order valence-electron chi connectivity index (χ0n) is 11.7. The van der Waals surface area contributed by atoms with Gasteiger partial charge < -0.3 is 5.11 Å². The molecule has 1 N–H and O–H groups in total. The van der Waals surface area contributed by atoms with E-state index in [0.717, 1.165) is 4.47 Å². The van der Waals surface area contributed by atoms with E-state index in [0.29, 0.717) is 10.6 Å². The molecule has 0 spiro atoms. The van der Waals surface area contributed by atoms with Gasteiger partial charge >= 0.3 is 5.97 Å². The van der Waals surface area contributed by atoms with Gasteiger partial charge in [-0.05, 0) is 42.0 Å². The van der Waals surface area contributed by atoms with Crippen LogP contribution in [-0.4, -0.2) is 24.7 Å². The van der Waals surface area contributed by atoms with Gasteiger partial charge in [0.2, 0.25) is 0 Å². The summed E-state index contributed by atoms with van der Waals surface area (Å²) in [7, 11) is -3.74. The Bertz CT molecular complexity index is 847. The van der Waals surface area contributed by atoms with Crippen LogP contribution in [0.1, 0.15) is 11.5 Å². The van der Waals surface area contributed by atoms with Gasteiger partial charge in [0.15, 0.2) is 9.84 Å². The molecular weight excluding hydrogens is 404 g/mol. The molecule has 0 saturated heterocycles. The number of rotatable bonds is 4. The molecule has 23 heavy (non-hydrogen) atoms. The number of halogens is 2. The van der Waals surface area contributed by atoms with Crippen molar-refractivity contribution >= 4 is 43.3 Å². The van der Waals surface area contributed by atoms with Crippen molar-refractivity contribution in [2.45, 2.75) is 16.1 Å². The first-order valence-corrected chi connectivity index (χ1v) is 9.52. The van der Waals surface area contributed by atoms with Gasteiger partial charge in [-0.1, -0.05) is 39.7 Å². The van der Waals surface area contributed by atoms with Gasteiger partial charge in [0.05, 0.1) is 16.1 Å². The Kier molecular flexibility index (Phi) is 4.25. The maximum Gasteiger partial charge on any atom is 0.308 e. The van der Waals surface area contributed by atoms with Crippen LogP contribution in [0.25, 0.3) is 0 Å². The van der Waals surface area contributed by atoms with E-state index in [2.05, 4.69) is 15.9 Å². The fourth-order valence-corrected chi connectivity index (χ4v) is 5.34. The average molecular weight is 416 g/mol. The maximum absolute atomic E-state index is 12.8. The standard InChI is InChI=1S/C16H12BrClO4S/c17-10-3-1-9(2-4-10)13-14(16(19)20)15(13)23(21,22)12-7-5-11(18)6-8-12/h1-8,13-15H,(H,19,20)/t13-,14+,15+/m1/s1. The first kappa shape index (κ1) is 16.5. The van der Waals surface area contributed by atoms with Gasteiger partial charge in [0, 0.05) is 15.4 Å². The fraction of sp³-hybridized carbons (Fsp3) is 0.188. The van der Waals surface area contributed by atoms with Crippen LogP contribution in [0.15, 0.2) is 57.9 Å². The van der Waals surface area contributed by atoms with Crippen LogP contribution >= 0.6 is 27.5 Å². The topological polar surface area (TPSA) is 71.4 Å². The molecule has 0 heterocycles. The number of carboxylic acids is 1. The predicted octanol–water partition coefficient (Wildman–Crippen LogP) is 3.74. The molecule has 2 aromatic carbocycles. The summed E-state index contributed by atoms with van der Waals surface area (Å²) in [6.07, 6.45) is 0. The molecule has 0 aliphatic heterocycles. The van der Waals surface area contributed by atoms with Gasteiger partial charge in [-0.2, -0.15) is 0 Å². The van der Waals surface area contributed by atoms with E-state index in [1.54, 1.807) is 24.3 Å². The van der Waals surface area contributed by atoms with E-state index in [1.165, 1.54) is 24.3 Å². The minimum atomic E-state index is -3.74. The molecule has 3 rings (SSSR count). The Balaban J connectivity index is 1.98. The molecule has 1 aliphatic rings. The van der Waals surface area contributed by atoms with Crippen LogP contribution in [0.4, 0.5) is 0 Å². The van der Waals surface area contributed by atoms with Crippen molar-refractivity contribution in [3.05, 3.63) is 63.6 Å². The number of hydrogen-bond donors (Lipinski definition) is 1. The fourth-order valence-electron chi connectivity index (χ4n) is 2.83. The molecule has 0 bridgehead atoms. The van der Waals surface area contributed by atoms with Crippen molar-refractivity contribution in [2.24, 2.45) is 5.92 Å². The smallest absolute Gasteiger partial charge is 0.308 e. The first-order valence-electron chi connectivity index (χ1n) is 6.80. The minimum Gasteiger partial charge on any atom is -0.481 e. The molecule has 3 atom stereocenters. The van der Waals surface area contributed by atoms with E-state index >= 15 is 0 Å². The summed E-state index contributed by atoms with van der Waals surface area (Å²) in [5, 5.41) is 8.84. The molecular formula is C16H12BrClO4S. The highest BCUT2D eigenvalue weighted by molar-refractivity contribution is 9.10. The van der Waals surface area contributed by atoms with Crippen LogP contribution in [0.5, 0.6) is 0 Å². The molecule has 0 aromatic heterocycles. The number of benzene rings is 2. The zero-order valence-corrected chi connectivity index (χ0v) is 14.8. The van der Waals surface area contributed by atoms with Gasteiger partial charge in [0.25, 0.3) is 0 Å². The third-order valence-electron chi connectivity index (χ3n) is 3.99. The maximum atomic E-state index is 12.8. The molecule has 1 fully saturated rings. The van der Waals surface area contributed by atoms with Gasteiger partial charge in [-0.15, -0.1) is 0 Å². The van der Waals surface area contributed by atoms with Crippen molar-refractivity contribution in [2.75, 3.05) is 0 Å². The number of sulfone groups is 1. The largest absolute Gasteiger partial charge is 0.481 e. The third-order valence-corrected chi connectivity index (χ3v) is 7.01. The van der Waals surface area contributed by atoms with Gasteiger partial charge in [-0.25, -0.2) is 8.42 Å². The number of carbonyl (C=O) groups is 1. The van der Waals surface area contributed by atoms with Crippen LogP contribution < -0.4 is 0 Å². The summed E-state index contributed by atoms with van der Waals surface area (Å²) in [5.41, 5.74) is 0.711. The quantitative estimate of drug-likeness (QED) is 0.825. The third kappa shape index (κ3) is 3.03. The average Bonchev–Trinajstić information content (AvgIpc) is 3.25. The molecule has 0 unspecified atom stereocenters. The van der Waals surface area contributed by atoms with Crippen molar-refractivity contribution in [3.8, 4) is 0 Å². The van der Waals surface area contributed by atoms with Crippen molar-refractivity contribution in [1.29, 1.82) is 0 Å². The second kappa shape index (κ2) is 5.92. The van der Waals surface area contributed by atoms with Crippen molar-refractivity contribution in [1.82, 2.24) is 0 Å². The Hall–Kier alpha value is -1.37. The molecule has 1 aliphatic carbocycles. The van der Waals surface area contributed by atoms with Gasteiger partial charge in [0.1, 0.15) is 0 Å². The lowest BCUT2D eigenvalue weighted by atomic mass is 10.1. The summed E-state index contributed by atoms with van der Waals surface area (Å²) < 4.78 is 26.4. The second-order valence-corrected chi connectivity index (χ2v) is 8.86. The summed E-state index contributed by atoms with van der Waals surface area (Å²) in [6, 6.07) is 12.9. The summed E-state index contributed by atoms with van der Waals surface area (Å²) in [6.45, 7) is 0. The lowest BCUT2D eigenvalue weighted by Crippen LogP contribution is -2.13. The SMILES string of the molecule is O=C(O)[C@H]1[C@@H](c2ccc(Br)cc2)[C@@H]1S(=O)(=O)c1ccc(Cl)cc1. The van der Waals surface area contributed by atoms with Crippen molar-refractivity contribution in [3.63, 3.8) is 0 Å². The summed E-state index contributed by atoms with van der Waals surface area (Å²) in [5.74, 6) is -2.57. The Labute approximate surface area is 147 Å². The molecule has 0 amide bonds. The van der Waals surface area contributed by atoms with E-state index in [4.69, 9.17) is 11.6 Å². The molecule has 1 saturated carbocycles. The monoisotopic (exact) mass is 414 g/mol. The number of aliphatic carboxylic acids is 1. The van der Waals surface area contributed by atoms with Crippen LogP contribution in [-0.2, 0) is 14.6 Å². The van der Waals surface area contributed by atoms with Gasteiger partial charge in [-0.3, -0.25) is 4.79 Å².